The van der Waals surface area contributed by atoms with Crippen LogP contribution >= 0.6 is 0 Å². The third kappa shape index (κ3) is 4.19. The fourth-order valence-electron chi connectivity index (χ4n) is 3.21. The fraction of sp³-hybridized carbons (Fsp3) is 1.00. The van der Waals surface area contributed by atoms with E-state index in [1.165, 1.54) is 19.3 Å². The Morgan fingerprint density at radius 2 is 1.78 bits per heavy atom. The Hall–Kier alpha value is -0.160. The van der Waals surface area contributed by atoms with Crippen LogP contribution in [-0.2, 0) is 4.74 Å². The number of aliphatic hydroxyl groups is 2. The maximum Gasteiger partial charge on any atom is 0.0701 e. The lowest BCUT2D eigenvalue weighted by molar-refractivity contribution is -0.0184. The summed E-state index contributed by atoms with van der Waals surface area (Å²) in [6.07, 6.45) is 6.99. The van der Waals surface area contributed by atoms with Crippen molar-refractivity contribution in [2.75, 3.05) is 32.8 Å². The molecule has 0 spiro atoms. The molecule has 106 valence electrons. The van der Waals surface area contributed by atoms with Crippen molar-refractivity contribution >= 4 is 0 Å². The van der Waals surface area contributed by atoms with Crippen LogP contribution < -0.4 is 0 Å². The number of piperidine rings is 1. The van der Waals surface area contributed by atoms with Crippen LogP contribution in [0.2, 0.25) is 0 Å². The predicted molar refractivity (Wildman–Crippen MR) is 70.5 cm³/mol. The summed E-state index contributed by atoms with van der Waals surface area (Å²) in [6, 6.07) is 0. The maximum atomic E-state index is 9.99. The predicted octanol–water partition coefficient (Wildman–Crippen LogP) is 1.01. The zero-order valence-corrected chi connectivity index (χ0v) is 11.3. The van der Waals surface area contributed by atoms with E-state index >= 15 is 0 Å². The smallest absolute Gasteiger partial charge is 0.0701 e. The molecular weight excluding hydrogens is 230 g/mol. The fourth-order valence-corrected chi connectivity index (χ4v) is 3.21. The van der Waals surface area contributed by atoms with E-state index in [4.69, 9.17) is 9.84 Å². The highest BCUT2D eigenvalue weighted by Crippen LogP contribution is 2.26. The molecule has 0 radical (unpaired) electrons. The van der Waals surface area contributed by atoms with E-state index < -0.39 is 0 Å². The van der Waals surface area contributed by atoms with E-state index in [9.17, 15) is 5.11 Å². The highest BCUT2D eigenvalue weighted by molar-refractivity contribution is 4.80. The van der Waals surface area contributed by atoms with Gasteiger partial charge in [0.25, 0.3) is 0 Å². The lowest BCUT2D eigenvalue weighted by Crippen LogP contribution is -2.42. The van der Waals surface area contributed by atoms with E-state index in [0.717, 1.165) is 38.9 Å². The molecule has 1 saturated carbocycles. The second-order valence-corrected chi connectivity index (χ2v) is 5.71. The van der Waals surface area contributed by atoms with Crippen LogP contribution in [0.15, 0.2) is 0 Å². The minimum Gasteiger partial charge on any atom is -0.394 e. The van der Waals surface area contributed by atoms with Gasteiger partial charge in [-0.2, -0.15) is 0 Å². The van der Waals surface area contributed by atoms with Gasteiger partial charge in [0.15, 0.2) is 0 Å². The molecule has 4 heteroatoms. The van der Waals surface area contributed by atoms with Gasteiger partial charge in [-0.1, -0.05) is 12.8 Å². The van der Waals surface area contributed by atoms with E-state index in [2.05, 4.69) is 4.90 Å². The van der Waals surface area contributed by atoms with Gasteiger partial charge in [0, 0.05) is 19.6 Å². The second-order valence-electron chi connectivity index (χ2n) is 5.71. The van der Waals surface area contributed by atoms with Gasteiger partial charge in [-0.3, -0.25) is 0 Å². The summed E-state index contributed by atoms with van der Waals surface area (Å²) >= 11 is 0. The number of aliphatic hydroxyl groups excluding tert-OH is 2. The lowest BCUT2D eigenvalue weighted by atomic mass is 9.86. The molecule has 2 unspecified atom stereocenters. The molecule has 2 N–H and O–H groups in total. The summed E-state index contributed by atoms with van der Waals surface area (Å²) in [6.45, 7) is 3.77. The van der Waals surface area contributed by atoms with Crippen molar-refractivity contribution in [1.82, 2.24) is 4.90 Å². The molecule has 1 aliphatic heterocycles. The van der Waals surface area contributed by atoms with Crippen LogP contribution in [0.25, 0.3) is 0 Å². The third-order valence-corrected chi connectivity index (χ3v) is 4.34. The van der Waals surface area contributed by atoms with Crippen LogP contribution in [0.1, 0.15) is 38.5 Å². The zero-order chi connectivity index (χ0) is 12.8. The molecule has 2 atom stereocenters. The Balaban J connectivity index is 1.66. The Morgan fingerprint density at radius 1 is 1.06 bits per heavy atom. The number of rotatable bonds is 5. The summed E-state index contributed by atoms with van der Waals surface area (Å²) in [4.78, 5) is 2.47. The number of nitrogens with zero attached hydrogens (tertiary/aromatic N) is 1. The van der Waals surface area contributed by atoms with Gasteiger partial charge >= 0.3 is 0 Å². The summed E-state index contributed by atoms with van der Waals surface area (Å²) in [7, 11) is 0. The molecule has 1 heterocycles. The molecular formula is C14H27NO3. The maximum absolute atomic E-state index is 9.99. The first-order valence-electron chi connectivity index (χ1n) is 7.42. The number of likely N-dealkylation sites (tertiary alicyclic amines) is 1. The SMILES string of the molecule is OCCOC1CCN(CC2CCCCC2O)CC1. The average molecular weight is 257 g/mol. The Morgan fingerprint density at radius 3 is 2.44 bits per heavy atom. The topological polar surface area (TPSA) is 52.9 Å². The summed E-state index contributed by atoms with van der Waals surface area (Å²) in [5, 5.41) is 18.7. The molecule has 2 fully saturated rings. The second kappa shape index (κ2) is 7.43. The zero-order valence-electron chi connectivity index (χ0n) is 11.3. The first-order valence-corrected chi connectivity index (χ1v) is 7.42. The summed E-state index contributed by atoms with van der Waals surface area (Å²) in [5.41, 5.74) is 0. The first-order chi connectivity index (χ1) is 8.79. The van der Waals surface area contributed by atoms with Crippen LogP contribution in [0, 0.1) is 5.92 Å². The number of ether oxygens (including phenoxy) is 1. The van der Waals surface area contributed by atoms with Crippen molar-refractivity contribution in [3.05, 3.63) is 0 Å². The highest BCUT2D eigenvalue weighted by Gasteiger charge is 2.27. The molecule has 0 aromatic rings. The quantitative estimate of drug-likeness (QED) is 0.772. The van der Waals surface area contributed by atoms with Crippen molar-refractivity contribution in [3.8, 4) is 0 Å². The molecule has 0 amide bonds. The largest absolute Gasteiger partial charge is 0.394 e. The Bertz CT molecular complexity index is 229. The standard InChI is InChI=1S/C14H27NO3/c16-9-10-18-13-5-7-15(8-6-13)11-12-3-1-2-4-14(12)17/h12-14,16-17H,1-11H2. The van der Waals surface area contributed by atoms with Crippen LogP contribution in [0.4, 0.5) is 0 Å². The van der Waals surface area contributed by atoms with Crippen molar-refractivity contribution < 1.29 is 14.9 Å². The van der Waals surface area contributed by atoms with E-state index in [1.54, 1.807) is 0 Å². The van der Waals surface area contributed by atoms with Crippen LogP contribution in [0.3, 0.4) is 0 Å². The Labute approximate surface area is 110 Å². The van der Waals surface area contributed by atoms with Gasteiger partial charge in [0.1, 0.15) is 0 Å². The molecule has 1 aliphatic carbocycles. The van der Waals surface area contributed by atoms with Gasteiger partial charge < -0.3 is 19.8 Å². The minimum absolute atomic E-state index is 0.0814. The molecule has 0 aromatic heterocycles. The average Bonchev–Trinajstić information content (AvgIpc) is 2.41. The first kappa shape index (κ1) is 14.3. The van der Waals surface area contributed by atoms with Gasteiger partial charge in [0.2, 0.25) is 0 Å². The summed E-state index contributed by atoms with van der Waals surface area (Å²) in [5.74, 6) is 0.480. The molecule has 1 saturated heterocycles. The van der Waals surface area contributed by atoms with Gasteiger partial charge in [-0.05, 0) is 31.6 Å². The Kier molecular flexibility index (Phi) is 5.89. The number of hydrogen-bond donors (Lipinski definition) is 2. The van der Waals surface area contributed by atoms with Gasteiger partial charge in [0.05, 0.1) is 25.4 Å². The van der Waals surface area contributed by atoms with Crippen molar-refractivity contribution in [1.29, 1.82) is 0 Å². The normalized spacial score (nSPS) is 31.7. The lowest BCUT2D eigenvalue weighted by Gasteiger charge is -2.36. The van der Waals surface area contributed by atoms with Crippen molar-refractivity contribution in [2.45, 2.75) is 50.7 Å². The summed E-state index contributed by atoms with van der Waals surface area (Å²) < 4.78 is 5.57. The van der Waals surface area contributed by atoms with Crippen LogP contribution in [0.5, 0.6) is 0 Å². The highest BCUT2D eigenvalue weighted by atomic mass is 16.5. The molecule has 2 rings (SSSR count). The molecule has 18 heavy (non-hydrogen) atoms. The monoisotopic (exact) mass is 257 g/mol. The molecule has 0 bridgehead atoms. The van der Waals surface area contributed by atoms with Gasteiger partial charge in [-0.25, -0.2) is 0 Å². The molecule has 2 aliphatic rings. The van der Waals surface area contributed by atoms with Crippen molar-refractivity contribution in [3.63, 3.8) is 0 Å². The van der Waals surface area contributed by atoms with E-state index in [0.29, 0.717) is 18.6 Å². The van der Waals surface area contributed by atoms with Crippen LogP contribution in [-0.4, -0.2) is 60.2 Å². The molecule has 0 aromatic carbocycles. The number of hydrogen-bond acceptors (Lipinski definition) is 4. The molecule has 4 nitrogen and oxygen atoms in total. The minimum atomic E-state index is -0.0814. The van der Waals surface area contributed by atoms with Crippen molar-refractivity contribution in [2.24, 2.45) is 5.92 Å². The van der Waals surface area contributed by atoms with E-state index in [-0.39, 0.29) is 12.7 Å². The van der Waals surface area contributed by atoms with Gasteiger partial charge in [-0.15, -0.1) is 0 Å². The third-order valence-electron chi connectivity index (χ3n) is 4.34. The van der Waals surface area contributed by atoms with E-state index in [1.807, 2.05) is 0 Å².